The average Bonchev–Trinajstić information content (AvgIpc) is 2.34. The lowest BCUT2D eigenvalue weighted by Gasteiger charge is -2.08. The second kappa shape index (κ2) is 5.62. The van der Waals surface area contributed by atoms with E-state index >= 15 is 0 Å². The van der Waals surface area contributed by atoms with Crippen LogP contribution in [-0.2, 0) is 6.18 Å². The van der Waals surface area contributed by atoms with Gasteiger partial charge in [-0.1, -0.05) is 19.1 Å². The van der Waals surface area contributed by atoms with Crippen LogP contribution in [0.1, 0.15) is 24.5 Å². The lowest BCUT2D eigenvalue weighted by Crippen LogP contribution is -2.06. The summed E-state index contributed by atoms with van der Waals surface area (Å²) in [6, 6.07) is 4.87. The summed E-state index contributed by atoms with van der Waals surface area (Å²) in [4.78, 5) is 0. The van der Waals surface area contributed by atoms with Crippen molar-refractivity contribution in [2.24, 2.45) is 11.5 Å². The van der Waals surface area contributed by atoms with Gasteiger partial charge in [0.05, 0.1) is 5.56 Å². The van der Waals surface area contributed by atoms with Crippen LogP contribution in [0.2, 0.25) is 0 Å². The van der Waals surface area contributed by atoms with E-state index in [-0.39, 0.29) is 5.70 Å². The molecule has 0 fully saturated rings. The molecule has 0 saturated carbocycles. The van der Waals surface area contributed by atoms with Crippen LogP contribution < -0.4 is 11.5 Å². The summed E-state index contributed by atoms with van der Waals surface area (Å²) in [5.41, 5.74) is 11.8. The number of benzene rings is 1. The molecule has 2 nitrogen and oxygen atoms in total. The molecule has 0 aliphatic rings. The molecular weight excluding hydrogens is 241 g/mol. The molecule has 1 rings (SSSR count). The molecule has 0 saturated heterocycles. The molecule has 1 aromatic carbocycles. The molecule has 0 aliphatic carbocycles. The number of nitrogens with two attached hydrogens (primary N) is 2. The van der Waals surface area contributed by atoms with Crippen LogP contribution in [0.4, 0.5) is 13.2 Å². The zero-order chi connectivity index (χ0) is 13.8. The van der Waals surface area contributed by atoms with E-state index in [1.807, 2.05) is 6.92 Å². The van der Waals surface area contributed by atoms with Gasteiger partial charge in [0.25, 0.3) is 0 Å². The van der Waals surface area contributed by atoms with E-state index in [4.69, 9.17) is 11.5 Å². The molecule has 0 atom stereocenters. The Bertz CT molecular complexity index is 473. The maximum absolute atomic E-state index is 12.5. The Kier molecular flexibility index (Phi) is 4.42. The van der Waals surface area contributed by atoms with Crippen molar-refractivity contribution >= 4 is 5.70 Å². The monoisotopic (exact) mass is 256 g/mol. The van der Waals surface area contributed by atoms with E-state index in [0.29, 0.717) is 17.7 Å². The Labute approximate surface area is 104 Å². The number of hydrogen-bond donors (Lipinski definition) is 2. The highest BCUT2D eigenvalue weighted by molar-refractivity contribution is 5.64. The van der Waals surface area contributed by atoms with Crippen LogP contribution in [0.25, 0.3) is 5.70 Å². The van der Waals surface area contributed by atoms with Crippen LogP contribution >= 0.6 is 0 Å². The van der Waals surface area contributed by atoms with Crippen LogP contribution in [0.3, 0.4) is 0 Å². The maximum Gasteiger partial charge on any atom is 0.416 e. The van der Waals surface area contributed by atoms with E-state index in [2.05, 4.69) is 0 Å². The number of halogens is 3. The molecule has 0 heterocycles. The second-order valence-electron chi connectivity index (χ2n) is 3.80. The van der Waals surface area contributed by atoms with Crippen molar-refractivity contribution in [2.75, 3.05) is 0 Å². The molecule has 0 unspecified atom stereocenters. The molecule has 0 aromatic heterocycles. The summed E-state index contributed by atoms with van der Waals surface area (Å²) in [6.45, 7) is 1.88. The third kappa shape index (κ3) is 3.84. The SMILES string of the molecule is CC/C(N)=C/C=C(\N)c1cccc(C(F)(F)F)c1. The van der Waals surface area contributed by atoms with Gasteiger partial charge in [0, 0.05) is 11.4 Å². The van der Waals surface area contributed by atoms with E-state index < -0.39 is 11.7 Å². The minimum Gasteiger partial charge on any atom is -0.402 e. The van der Waals surface area contributed by atoms with Gasteiger partial charge in [-0.15, -0.1) is 0 Å². The molecule has 5 heteroatoms. The summed E-state index contributed by atoms with van der Waals surface area (Å²) in [5.74, 6) is 0. The van der Waals surface area contributed by atoms with Crippen molar-refractivity contribution < 1.29 is 13.2 Å². The molecular formula is C13H15F3N2. The van der Waals surface area contributed by atoms with Gasteiger partial charge < -0.3 is 11.5 Å². The standard InChI is InChI=1S/C13H15F3N2/c1-2-11(17)6-7-12(18)9-4-3-5-10(8-9)13(14,15)16/h3-8H,2,17-18H2,1H3/b11-6-,12-7-. The third-order valence-corrected chi connectivity index (χ3v) is 2.41. The van der Waals surface area contributed by atoms with Crippen molar-refractivity contribution in [3.8, 4) is 0 Å². The van der Waals surface area contributed by atoms with Crippen molar-refractivity contribution in [1.29, 1.82) is 0 Å². The maximum atomic E-state index is 12.5. The Balaban J connectivity index is 3.04. The van der Waals surface area contributed by atoms with Gasteiger partial charge in [-0.2, -0.15) is 13.2 Å². The first-order chi connectivity index (χ1) is 8.34. The van der Waals surface area contributed by atoms with Crippen LogP contribution in [0.5, 0.6) is 0 Å². The summed E-state index contributed by atoms with van der Waals surface area (Å²) in [7, 11) is 0. The lowest BCUT2D eigenvalue weighted by molar-refractivity contribution is -0.137. The Hall–Kier alpha value is -1.91. The smallest absolute Gasteiger partial charge is 0.402 e. The molecule has 0 bridgehead atoms. The summed E-state index contributed by atoms with van der Waals surface area (Å²) in [6.07, 6.45) is -0.606. The largest absolute Gasteiger partial charge is 0.416 e. The fraction of sp³-hybridized carbons (Fsp3) is 0.231. The molecule has 98 valence electrons. The summed E-state index contributed by atoms with van der Waals surface area (Å²) >= 11 is 0. The second-order valence-corrected chi connectivity index (χ2v) is 3.80. The van der Waals surface area contributed by atoms with E-state index in [1.54, 1.807) is 6.08 Å². The number of hydrogen-bond acceptors (Lipinski definition) is 2. The summed E-state index contributed by atoms with van der Waals surface area (Å²) in [5, 5.41) is 0. The normalized spacial score (nSPS) is 13.8. The van der Waals surface area contributed by atoms with Gasteiger partial charge in [0.1, 0.15) is 0 Å². The minimum absolute atomic E-state index is 0.248. The van der Waals surface area contributed by atoms with Crippen LogP contribution in [-0.4, -0.2) is 0 Å². The van der Waals surface area contributed by atoms with E-state index in [9.17, 15) is 13.2 Å². The van der Waals surface area contributed by atoms with Gasteiger partial charge in [-0.25, -0.2) is 0 Å². The van der Waals surface area contributed by atoms with Crippen molar-refractivity contribution in [3.63, 3.8) is 0 Å². The first-order valence-electron chi connectivity index (χ1n) is 5.44. The predicted molar refractivity (Wildman–Crippen MR) is 66.2 cm³/mol. The molecule has 0 spiro atoms. The fourth-order valence-electron chi connectivity index (χ4n) is 1.29. The number of rotatable bonds is 3. The first kappa shape index (κ1) is 14.2. The fourth-order valence-corrected chi connectivity index (χ4v) is 1.29. The summed E-state index contributed by atoms with van der Waals surface area (Å²) < 4.78 is 37.5. The van der Waals surface area contributed by atoms with Crippen LogP contribution in [0, 0.1) is 0 Å². The molecule has 0 aliphatic heterocycles. The van der Waals surface area contributed by atoms with Gasteiger partial charge >= 0.3 is 6.18 Å². The van der Waals surface area contributed by atoms with Gasteiger partial charge in [0.15, 0.2) is 0 Å². The van der Waals surface area contributed by atoms with Crippen molar-refractivity contribution in [3.05, 3.63) is 53.2 Å². The van der Waals surface area contributed by atoms with Crippen molar-refractivity contribution in [2.45, 2.75) is 19.5 Å². The molecule has 0 amide bonds. The third-order valence-electron chi connectivity index (χ3n) is 2.41. The highest BCUT2D eigenvalue weighted by atomic mass is 19.4. The Morgan fingerprint density at radius 1 is 1.22 bits per heavy atom. The minimum atomic E-state index is -4.37. The lowest BCUT2D eigenvalue weighted by atomic mass is 10.1. The highest BCUT2D eigenvalue weighted by Crippen LogP contribution is 2.30. The predicted octanol–water partition coefficient (Wildman–Crippen LogP) is 3.26. The Morgan fingerprint density at radius 2 is 1.89 bits per heavy atom. The average molecular weight is 256 g/mol. The van der Waals surface area contributed by atoms with Crippen LogP contribution in [0.15, 0.2) is 42.1 Å². The molecule has 18 heavy (non-hydrogen) atoms. The molecule has 0 radical (unpaired) electrons. The quantitative estimate of drug-likeness (QED) is 0.815. The zero-order valence-corrected chi connectivity index (χ0v) is 9.96. The van der Waals surface area contributed by atoms with Gasteiger partial charge in [0.2, 0.25) is 0 Å². The zero-order valence-electron chi connectivity index (χ0n) is 9.96. The highest BCUT2D eigenvalue weighted by Gasteiger charge is 2.30. The number of alkyl halides is 3. The van der Waals surface area contributed by atoms with E-state index in [1.165, 1.54) is 18.2 Å². The first-order valence-corrected chi connectivity index (χ1v) is 5.44. The Morgan fingerprint density at radius 3 is 2.44 bits per heavy atom. The van der Waals surface area contributed by atoms with Gasteiger partial charge in [-0.05, 0) is 36.3 Å². The van der Waals surface area contributed by atoms with Gasteiger partial charge in [-0.3, -0.25) is 0 Å². The van der Waals surface area contributed by atoms with E-state index in [0.717, 1.165) is 12.1 Å². The topological polar surface area (TPSA) is 52.0 Å². The molecule has 1 aromatic rings. The number of allylic oxidation sites excluding steroid dienone is 3. The molecule has 4 N–H and O–H groups in total. The van der Waals surface area contributed by atoms with Crippen molar-refractivity contribution in [1.82, 2.24) is 0 Å².